The number of urea groups is 1. The van der Waals surface area contributed by atoms with E-state index in [2.05, 4.69) is 20.6 Å². The highest BCUT2D eigenvalue weighted by atomic mass is 32.2. The van der Waals surface area contributed by atoms with Crippen LogP contribution in [0.15, 0.2) is 11.4 Å². The van der Waals surface area contributed by atoms with Gasteiger partial charge in [0.1, 0.15) is 17.5 Å². The van der Waals surface area contributed by atoms with Gasteiger partial charge in [0.15, 0.2) is 5.16 Å². The molecule has 0 saturated heterocycles. The van der Waals surface area contributed by atoms with Crippen molar-refractivity contribution in [2.45, 2.75) is 43.8 Å². The summed E-state index contributed by atoms with van der Waals surface area (Å²) in [7, 11) is 0. The lowest BCUT2D eigenvalue weighted by molar-refractivity contribution is -0.117. The second kappa shape index (κ2) is 7.91. The summed E-state index contributed by atoms with van der Waals surface area (Å²) in [4.78, 5) is 31.9. The Morgan fingerprint density at radius 3 is 2.88 bits per heavy atom. The lowest BCUT2D eigenvalue weighted by Crippen LogP contribution is -2.47. The zero-order chi connectivity index (χ0) is 18.7. The number of nitrogen functional groups attached to an aromatic ring is 1. The Balaban J connectivity index is 1.42. The summed E-state index contributed by atoms with van der Waals surface area (Å²) in [5.41, 5.74) is 5.80. The van der Waals surface area contributed by atoms with E-state index in [9.17, 15) is 9.59 Å². The highest BCUT2D eigenvalue weighted by Crippen LogP contribution is 2.49. The number of aromatic nitrogens is 2. The Bertz CT molecular complexity index is 749. The number of anilines is 1. The molecule has 138 valence electrons. The zero-order valence-corrected chi connectivity index (χ0v) is 15.4. The molecule has 2 fully saturated rings. The van der Waals surface area contributed by atoms with Gasteiger partial charge in [-0.15, -0.1) is 0 Å². The Kier molecular flexibility index (Phi) is 5.61. The average molecular weight is 374 g/mol. The molecular weight excluding hydrogens is 352 g/mol. The van der Waals surface area contributed by atoms with Gasteiger partial charge in [0, 0.05) is 6.04 Å². The number of rotatable bonds is 5. The summed E-state index contributed by atoms with van der Waals surface area (Å²) in [5.74, 6) is 1.66. The number of hydrogen-bond donors (Lipinski definition) is 3. The van der Waals surface area contributed by atoms with Crippen LogP contribution in [-0.4, -0.2) is 33.7 Å². The molecular formula is C17H22N6O2S. The Morgan fingerprint density at radius 1 is 1.46 bits per heavy atom. The number of carbonyl (C=O) groups excluding carboxylic acids is 2. The van der Waals surface area contributed by atoms with Crippen LogP contribution >= 0.6 is 11.8 Å². The summed E-state index contributed by atoms with van der Waals surface area (Å²) in [5, 5.41) is 14.3. The van der Waals surface area contributed by atoms with Crippen LogP contribution in [0.4, 0.5) is 10.6 Å². The molecule has 1 aromatic rings. The third-order valence-electron chi connectivity index (χ3n) is 5.30. The van der Waals surface area contributed by atoms with Crippen molar-refractivity contribution in [3.63, 3.8) is 0 Å². The number of carbonyl (C=O) groups is 2. The molecule has 26 heavy (non-hydrogen) atoms. The number of nitrogens with zero attached hydrogens (tertiary/aromatic N) is 3. The monoisotopic (exact) mass is 374 g/mol. The molecule has 0 aliphatic heterocycles. The van der Waals surface area contributed by atoms with Crippen LogP contribution in [-0.2, 0) is 4.79 Å². The maximum Gasteiger partial charge on any atom is 0.321 e. The van der Waals surface area contributed by atoms with E-state index in [1.54, 1.807) is 0 Å². The Labute approximate surface area is 156 Å². The first kappa shape index (κ1) is 18.5. The van der Waals surface area contributed by atoms with Gasteiger partial charge in [-0.1, -0.05) is 18.2 Å². The van der Waals surface area contributed by atoms with Crippen molar-refractivity contribution >= 4 is 29.5 Å². The normalized spacial score (nSPS) is 24.7. The number of hydrogen-bond acceptors (Lipinski definition) is 7. The predicted octanol–water partition coefficient (Wildman–Crippen LogP) is 1.67. The fourth-order valence-electron chi connectivity index (χ4n) is 4.08. The molecule has 8 nitrogen and oxygen atoms in total. The molecule has 2 saturated carbocycles. The first-order valence-corrected chi connectivity index (χ1v) is 9.70. The molecule has 0 spiro atoms. The number of thioether (sulfide) groups is 1. The van der Waals surface area contributed by atoms with E-state index < -0.39 is 11.9 Å². The van der Waals surface area contributed by atoms with Gasteiger partial charge in [-0.2, -0.15) is 5.26 Å². The number of amides is 3. The third-order valence-corrected chi connectivity index (χ3v) is 6.16. The van der Waals surface area contributed by atoms with Crippen LogP contribution in [0.3, 0.4) is 0 Å². The van der Waals surface area contributed by atoms with Crippen LogP contribution in [0.5, 0.6) is 0 Å². The maximum atomic E-state index is 12.0. The van der Waals surface area contributed by atoms with Crippen LogP contribution in [0.2, 0.25) is 0 Å². The Morgan fingerprint density at radius 2 is 2.27 bits per heavy atom. The van der Waals surface area contributed by atoms with Crippen molar-refractivity contribution in [2.24, 2.45) is 17.8 Å². The van der Waals surface area contributed by atoms with E-state index in [0.717, 1.165) is 17.7 Å². The van der Waals surface area contributed by atoms with Crippen LogP contribution in [0.25, 0.3) is 0 Å². The maximum absolute atomic E-state index is 12.0. The smallest absolute Gasteiger partial charge is 0.321 e. The van der Waals surface area contributed by atoms with Crippen LogP contribution < -0.4 is 16.4 Å². The van der Waals surface area contributed by atoms with E-state index in [4.69, 9.17) is 11.0 Å². The second-order valence-electron chi connectivity index (χ2n) is 7.00. The number of nitrogens with one attached hydrogen (secondary N) is 2. The number of nitriles is 1. The molecule has 2 aliphatic rings. The van der Waals surface area contributed by atoms with Crippen molar-refractivity contribution in [3.8, 4) is 6.07 Å². The fraction of sp³-hybridized carbons (Fsp3) is 0.588. The van der Waals surface area contributed by atoms with Gasteiger partial charge in [0.25, 0.3) is 0 Å². The van der Waals surface area contributed by atoms with Crippen LogP contribution in [0, 0.1) is 29.1 Å². The van der Waals surface area contributed by atoms with Crippen LogP contribution in [0.1, 0.15) is 38.2 Å². The van der Waals surface area contributed by atoms with E-state index >= 15 is 0 Å². The molecule has 0 radical (unpaired) electrons. The summed E-state index contributed by atoms with van der Waals surface area (Å²) < 4.78 is 0. The first-order valence-electron chi connectivity index (χ1n) is 8.72. The van der Waals surface area contributed by atoms with E-state index in [0.29, 0.717) is 11.8 Å². The molecule has 1 heterocycles. The average Bonchev–Trinajstić information content (AvgIpc) is 3.23. The minimum atomic E-state index is -0.467. The largest absolute Gasteiger partial charge is 0.382 e. The van der Waals surface area contributed by atoms with Gasteiger partial charge in [-0.25, -0.2) is 14.8 Å². The fourth-order valence-corrected chi connectivity index (χ4v) is 4.71. The van der Waals surface area contributed by atoms with E-state index in [1.165, 1.54) is 31.9 Å². The molecule has 0 aromatic carbocycles. The third kappa shape index (κ3) is 4.25. The zero-order valence-electron chi connectivity index (χ0n) is 14.6. The Hall–Kier alpha value is -2.34. The second-order valence-corrected chi connectivity index (χ2v) is 7.94. The van der Waals surface area contributed by atoms with E-state index in [-0.39, 0.29) is 28.3 Å². The standard InChI is InChI=1S/C17H22N6O2S/c1-9(13-5-10-2-3-11(13)4-10)21-16(25)22-14(24)8-26-17-20-7-12(6-18)15(19)23-17/h7,9-11,13H,2-5,8H2,1H3,(H2,19,20,23)(H2,21,22,24,25)/t9-,10-,11-,13+/m0/s1. The molecule has 0 unspecified atom stereocenters. The lowest BCUT2D eigenvalue weighted by atomic mass is 9.84. The van der Waals surface area contributed by atoms with Gasteiger partial charge in [-0.05, 0) is 43.9 Å². The first-order chi connectivity index (χ1) is 12.5. The minimum absolute atomic E-state index is 0.0126. The van der Waals surface area contributed by atoms with Crippen molar-refractivity contribution in [1.82, 2.24) is 20.6 Å². The molecule has 4 atom stereocenters. The van der Waals surface area contributed by atoms with Crippen molar-refractivity contribution in [1.29, 1.82) is 5.26 Å². The topological polar surface area (TPSA) is 134 Å². The van der Waals surface area contributed by atoms with Gasteiger partial charge in [0.2, 0.25) is 5.91 Å². The predicted molar refractivity (Wildman–Crippen MR) is 97.0 cm³/mol. The molecule has 3 rings (SSSR count). The SMILES string of the molecule is C[C@H](NC(=O)NC(=O)CSc1ncc(C#N)c(N)n1)[C@H]1C[C@H]2CC[C@H]1C2. The summed E-state index contributed by atoms with van der Waals surface area (Å²) in [6.07, 6.45) is 6.34. The van der Waals surface area contributed by atoms with Crippen molar-refractivity contribution < 1.29 is 9.59 Å². The van der Waals surface area contributed by atoms with Gasteiger partial charge in [0.05, 0.1) is 11.9 Å². The highest BCUT2D eigenvalue weighted by Gasteiger charge is 2.42. The summed E-state index contributed by atoms with van der Waals surface area (Å²) in [6.45, 7) is 2.01. The number of fused-ring (bicyclic) bond motifs is 2. The van der Waals surface area contributed by atoms with E-state index in [1.807, 2.05) is 13.0 Å². The van der Waals surface area contributed by atoms with Crippen molar-refractivity contribution in [2.75, 3.05) is 11.5 Å². The molecule has 2 aliphatic carbocycles. The molecule has 2 bridgehead atoms. The molecule has 1 aromatic heterocycles. The molecule has 4 N–H and O–H groups in total. The number of imide groups is 1. The van der Waals surface area contributed by atoms with Crippen molar-refractivity contribution in [3.05, 3.63) is 11.8 Å². The van der Waals surface area contributed by atoms with Gasteiger partial charge < -0.3 is 11.1 Å². The molecule has 9 heteroatoms. The van der Waals surface area contributed by atoms with Gasteiger partial charge >= 0.3 is 6.03 Å². The minimum Gasteiger partial charge on any atom is -0.382 e. The summed E-state index contributed by atoms with van der Waals surface area (Å²) in [6, 6.07) is 1.47. The molecule has 3 amide bonds. The highest BCUT2D eigenvalue weighted by molar-refractivity contribution is 7.99. The lowest BCUT2D eigenvalue weighted by Gasteiger charge is -2.28. The summed E-state index contributed by atoms with van der Waals surface area (Å²) >= 11 is 1.05. The quantitative estimate of drug-likeness (QED) is 0.527. The number of nitrogens with two attached hydrogens (primary N) is 1. The van der Waals surface area contributed by atoms with Gasteiger partial charge in [-0.3, -0.25) is 10.1 Å².